The molecule has 0 spiro atoms. The molecule has 2 N–H and O–H groups in total. The molecular formula is C20H32FN3O3. The molecule has 1 aliphatic rings. The SMILES string of the molecule is CCNC(=NCC(OC)C(C)(C)C)NCCc1cc(F)cc2c1OCOC2. The molecule has 7 heteroatoms. The van der Waals surface area contributed by atoms with Crippen LogP contribution in [0.3, 0.4) is 0 Å². The van der Waals surface area contributed by atoms with Gasteiger partial charge in [-0.3, -0.25) is 4.99 Å². The van der Waals surface area contributed by atoms with Crippen LogP contribution in [0, 0.1) is 11.2 Å². The smallest absolute Gasteiger partial charge is 0.191 e. The number of aliphatic imine (C=N–C) groups is 1. The molecule has 6 nitrogen and oxygen atoms in total. The molecule has 1 atom stereocenters. The largest absolute Gasteiger partial charge is 0.467 e. The number of fused-ring (bicyclic) bond motifs is 1. The van der Waals surface area contributed by atoms with Gasteiger partial charge in [0.05, 0.1) is 19.3 Å². The summed E-state index contributed by atoms with van der Waals surface area (Å²) < 4.78 is 30.2. The summed E-state index contributed by atoms with van der Waals surface area (Å²) in [5.74, 6) is 1.18. The van der Waals surface area contributed by atoms with Crippen molar-refractivity contribution >= 4 is 5.96 Å². The van der Waals surface area contributed by atoms with Crippen molar-refractivity contribution in [1.82, 2.24) is 10.6 Å². The standard InChI is InChI=1S/C20H32FN3O3/c1-6-22-19(24-11-17(25-5)20(2,3)4)23-8-7-14-9-16(21)10-15-12-26-13-27-18(14)15/h9-10,17H,6-8,11-13H2,1-5H3,(H2,22,23,24). The zero-order valence-corrected chi connectivity index (χ0v) is 17.0. The number of halogens is 1. The molecule has 1 unspecified atom stereocenters. The summed E-state index contributed by atoms with van der Waals surface area (Å²) in [6, 6.07) is 2.99. The first kappa shape index (κ1) is 21.4. The van der Waals surface area contributed by atoms with Crippen LogP contribution in [-0.2, 0) is 22.5 Å². The minimum absolute atomic E-state index is 0.00954. The number of nitrogens with zero attached hydrogens (tertiary/aromatic N) is 1. The van der Waals surface area contributed by atoms with E-state index in [9.17, 15) is 4.39 Å². The fourth-order valence-electron chi connectivity index (χ4n) is 2.98. The van der Waals surface area contributed by atoms with Crippen molar-refractivity contribution in [2.24, 2.45) is 10.4 Å². The molecule has 152 valence electrons. The fourth-order valence-corrected chi connectivity index (χ4v) is 2.98. The first-order valence-electron chi connectivity index (χ1n) is 9.42. The molecule has 0 saturated heterocycles. The molecule has 0 saturated carbocycles. The van der Waals surface area contributed by atoms with Crippen LogP contribution < -0.4 is 15.4 Å². The monoisotopic (exact) mass is 381 g/mol. The zero-order chi connectivity index (χ0) is 19.9. The summed E-state index contributed by atoms with van der Waals surface area (Å²) in [6.45, 7) is 10.9. The van der Waals surface area contributed by atoms with Crippen molar-refractivity contribution in [3.8, 4) is 5.75 Å². The van der Waals surface area contributed by atoms with E-state index in [-0.39, 0.29) is 24.1 Å². The Hall–Kier alpha value is -1.86. The van der Waals surface area contributed by atoms with Crippen LogP contribution in [-0.4, -0.2) is 45.6 Å². The fraction of sp³-hybridized carbons (Fsp3) is 0.650. The van der Waals surface area contributed by atoms with E-state index in [1.807, 2.05) is 6.92 Å². The van der Waals surface area contributed by atoms with E-state index in [1.54, 1.807) is 7.11 Å². The second-order valence-electron chi connectivity index (χ2n) is 7.65. The highest BCUT2D eigenvalue weighted by Gasteiger charge is 2.24. The molecule has 0 fully saturated rings. The molecule has 1 aliphatic heterocycles. The highest BCUT2D eigenvalue weighted by molar-refractivity contribution is 5.79. The number of nitrogens with one attached hydrogen (secondary N) is 2. The number of hydrogen-bond donors (Lipinski definition) is 2. The maximum absolute atomic E-state index is 13.8. The predicted molar refractivity (Wildman–Crippen MR) is 105 cm³/mol. The van der Waals surface area contributed by atoms with Crippen LogP contribution in [0.2, 0.25) is 0 Å². The van der Waals surface area contributed by atoms with Crippen LogP contribution in [0.5, 0.6) is 5.75 Å². The van der Waals surface area contributed by atoms with Gasteiger partial charge < -0.3 is 24.8 Å². The van der Waals surface area contributed by atoms with Crippen molar-refractivity contribution < 1.29 is 18.6 Å². The molecule has 0 aliphatic carbocycles. The number of rotatable bonds is 7. The zero-order valence-electron chi connectivity index (χ0n) is 17.0. The normalized spacial score (nSPS) is 15.7. The Bertz CT molecular complexity index is 644. The summed E-state index contributed by atoms with van der Waals surface area (Å²) in [5, 5.41) is 6.53. The van der Waals surface area contributed by atoms with E-state index >= 15 is 0 Å². The Balaban J connectivity index is 1.98. The second-order valence-corrected chi connectivity index (χ2v) is 7.65. The average Bonchev–Trinajstić information content (AvgIpc) is 2.60. The Morgan fingerprint density at radius 2 is 2.11 bits per heavy atom. The van der Waals surface area contributed by atoms with Gasteiger partial charge in [-0.05, 0) is 36.5 Å². The number of hydrogen-bond acceptors (Lipinski definition) is 4. The molecule has 1 aromatic carbocycles. The maximum atomic E-state index is 13.8. The summed E-state index contributed by atoms with van der Waals surface area (Å²) in [5.41, 5.74) is 1.60. The Morgan fingerprint density at radius 3 is 2.78 bits per heavy atom. The summed E-state index contributed by atoms with van der Waals surface area (Å²) in [4.78, 5) is 4.63. The van der Waals surface area contributed by atoms with Gasteiger partial charge in [0, 0.05) is 25.8 Å². The van der Waals surface area contributed by atoms with Crippen molar-refractivity contribution in [3.63, 3.8) is 0 Å². The first-order valence-corrected chi connectivity index (χ1v) is 9.42. The van der Waals surface area contributed by atoms with E-state index in [1.165, 1.54) is 12.1 Å². The van der Waals surface area contributed by atoms with Crippen LogP contribution in [0.15, 0.2) is 17.1 Å². The molecule has 0 bridgehead atoms. The lowest BCUT2D eigenvalue weighted by Gasteiger charge is -2.28. The third-order valence-corrected chi connectivity index (χ3v) is 4.45. The highest BCUT2D eigenvalue weighted by Crippen LogP contribution is 2.29. The van der Waals surface area contributed by atoms with Crippen molar-refractivity contribution in [2.45, 2.75) is 46.8 Å². The van der Waals surface area contributed by atoms with E-state index < -0.39 is 0 Å². The molecule has 27 heavy (non-hydrogen) atoms. The lowest BCUT2D eigenvalue weighted by atomic mass is 9.89. The predicted octanol–water partition coefficient (Wildman–Crippen LogP) is 2.85. The minimum atomic E-state index is -0.272. The third kappa shape index (κ3) is 6.36. The van der Waals surface area contributed by atoms with Gasteiger partial charge >= 0.3 is 0 Å². The average molecular weight is 381 g/mol. The molecule has 0 aromatic heterocycles. The van der Waals surface area contributed by atoms with Gasteiger partial charge in [0.2, 0.25) is 0 Å². The molecule has 0 amide bonds. The number of benzene rings is 1. The molecule has 1 heterocycles. The maximum Gasteiger partial charge on any atom is 0.191 e. The Kier molecular flexibility index (Phi) is 7.86. The minimum Gasteiger partial charge on any atom is -0.467 e. The molecular weight excluding hydrogens is 349 g/mol. The number of ether oxygens (including phenoxy) is 3. The van der Waals surface area contributed by atoms with E-state index in [2.05, 4.69) is 36.4 Å². The summed E-state index contributed by atoms with van der Waals surface area (Å²) >= 11 is 0. The van der Waals surface area contributed by atoms with Gasteiger partial charge in [-0.25, -0.2) is 4.39 Å². The Labute approximate surface area is 161 Å². The van der Waals surface area contributed by atoms with E-state index in [0.29, 0.717) is 26.1 Å². The van der Waals surface area contributed by atoms with Crippen molar-refractivity contribution in [3.05, 3.63) is 29.1 Å². The van der Waals surface area contributed by atoms with Gasteiger partial charge in [-0.2, -0.15) is 0 Å². The van der Waals surface area contributed by atoms with Crippen LogP contribution in [0.4, 0.5) is 4.39 Å². The Morgan fingerprint density at radius 1 is 1.33 bits per heavy atom. The van der Waals surface area contributed by atoms with Crippen LogP contribution in [0.25, 0.3) is 0 Å². The molecule has 1 aromatic rings. The first-order chi connectivity index (χ1) is 12.8. The number of methoxy groups -OCH3 is 1. The third-order valence-electron chi connectivity index (χ3n) is 4.45. The summed E-state index contributed by atoms with van der Waals surface area (Å²) in [7, 11) is 1.71. The van der Waals surface area contributed by atoms with Gasteiger partial charge in [0.25, 0.3) is 0 Å². The van der Waals surface area contributed by atoms with Crippen LogP contribution >= 0.6 is 0 Å². The lowest BCUT2D eigenvalue weighted by Crippen LogP contribution is -2.40. The molecule has 0 radical (unpaired) electrons. The van der Waals surface area contributed by atoms with E-state index in [4.69, 9.17) is 14.2 Å². The van der Waals surface area contributed by atoms with Gasteiger partial charge in [0.15, 0.2) is 12.8 Å². The molecule has 2 rings (SSSR count). The van der Waals surface area contributed by atoms with Crippen molar-refractivity contribution in [2.75, 3.05) is 33.5 Å². The second kappa shape index (κ2) is 9.90. The van der Waals surface area contributed by atoms with E-state index in [0.717, 1.165) is 29.4 Å². The topological polar surface area (TPSA) is 64.1 Å². The van der Waals surface area contributed by atoms with Gasteiger partial charge in [-0.15, -0.1) is 0 Å². The summed E-state index contributed by atoms with van der Waals surface area (Å²) in [6.07, 6.45) is 0.647. The van der Waals surface area contributed by atoms with Crippen LogP contribution in [0.1, 0.15) is 38.8 Å². The van der Waals surface area contributed by atoms with Gasteiger partial charge in [0.1, 0.15) is 11.6 Å². The van der Waals surface area contributed by atoms with Crippen molar-refractivity contribution in [1.29, 1.82) is 0 Å². The lowest BCUT2D eigenvalue weighted by molar-refractivity contribution is -0.0172. The quantitative estimate of drug-likeness (QED) is 0.562. The highest BCUT2D eigenvalue weighted by atomic mass is 19.1. The number of guanidine groups is 1. The van der Waals surface area contributed by atoms with Gasteiger partial charge in [-0.1, -0.05) is 20.8 Å².